The Morgan fingerprint density at radius 2 is 1.86 bits per heavy atom. The van der Waals surface area contributed by atoms with E-state index in [-0.39, 0.29) is 18.0 Å². The third-order valence-electron chi connectivity index (χ3n) is 4.96. The Morgan fingerprint density at radius 1 is 1.17 bits per heavy atom. The molecule has 1 aliphatic rings. The summed E-state index contributed by atoms with van der Waals surface area (Å²) < 4.78 is 5.04. The van der Waals surface area contributed by atoms with Crippen LogP contribution < -0.4 is 10.6 Å². The van der Waals surface area contributed by atoms with Gasteiger partial charge >= 0.3 is 6.09 Å². The Balaban J connectivity index is 1.60. The fraction of sp³-hybridized carbons (Fsp3) is 0.429. The number of amides is 2. The van der Waals surface area contributed by atoms with Gasteiger partial charge in [-0.1, -0.05) is 18.2 Å². The SMILES string of the molecule is CCOC(=O)N1CCC(Nc2nccc(C(=O)Nc3c(C)cccc3C)n2)CC1. The first-order valence-electron chi connectivity index (χ1n) is 9.86. The zero-order valence-electron chi connectivity index (χ0n) is 17.1. The smallest absolute Gasteiger partial charge is 0.409 e. The second-order valence-electron chi connectivity index (χ2n) is 7.09. The van der Waals surface area contributed by atoms with E-state index in [2.05, 4.69) is 20.6 Å². The van der Waals surface area contributed by atoms with Crippen LogP contribution >= 0.6 is 0 Å². The van der Waals surface area contributed by atoms with E-state index in [0.717, 1.165) is 29.7 Å². The van der Waals surface area contributed by atoms with E-state index in [9.17, 15) is 9.59 Å². The second-order valence-corrected chi connectivity index (χ2v) is 7.09. The normalized spacial score (nSPS) is 14.4. The van der Waals surface area contributed by atoms with Gasteiger partial charge in [0.15, 0.2) is 0 Å². The molecular weight excluding hydrogens is 370 g/mol. The van der Waals surface area contributed by atoms with Crippen molar-refractivity contribution in [1.29, 1.82) is 0 Å². The molecule has 3 rings (SSSR count). The number of carbonyl (C=O) groups is 2. The highest BCUT2D eigenvalue weighted by molar-refractivity contribution is 6.03. The van der Waals surface area contributed by atoms with E-state index in [1.165, 1.54) is 0 Å². The van der Waals surface area contributed by atoms with Gasteiger partial charge in [-0.3, -0.25) is 4.79 Å². The molecule has 29 heavy (non-hydrogen) atoms. The summed E-state index contributed by atoms with van der Waals surface area (Å²) in [5.74, 6) is 0.138. The summed E-state index contributed by atoms with van der Waals surface area (Å²) in [5.41, 5.74) is 3.10. The van der Waals surface area contributed by atoms with Crippen LogP contribution in [0.15, 0.2) is 30.5 Å². The lowest BCUT2D eigenvalue weighted by atomic mass is 10.1. The highest BCUT2D eigenvalue weighted by atomic mass is 16.6. The van der Waals surface area contributed by atoms with Crippen LogP contribution in [-0.2, 0) is 4.74 Å². The van der Waals surface area contributed by atoms with Crippen molar-refractivity contribution in [2.45, 2.75) is 39.7 Å². The third kappa shape index (κ3) is 5.22. The number of nitrogens with one attached hydrogen (secondary N) is 2. The van der Waals surface area contributed by atoms with Gasteiger partial charge in [0.2, 0.25) is 5.95 Å². The van der Waals surface area contributed by atoms with E-state index in [4.69, 9.17) is 4.74 Å². The van der Waals surface area contributed by atoms with Crippen molar-refractivity contribution in [2.75, 3.05) is 30.3 Å². The minimum absolute atomic E-state index is 0.137. The maximum Gasteiger partial charge on any atom is 0.409 e. The molecule has 2 heterocycles. The fourth-order valence-electron chi connectivity index (χ4n) is 3.35. The van der Waals surface area contributed by atoms with Gasteiger partial charge in [-0.2, -0.15) is 0 Å². The third-order valence-corrected chi connectivity index (χ3v) is 4.96. The van der Waals surface area contributed by atoms with Gasteiger partial charge in [-0.15, -0.1) is 0 Å². The number of nitrogens with zero attached hydrogens (tertiary/aromatic N) is 3. The number of para-hydroxylation sites is 1. The number of ether oxygens (including phenoxy) is 1. The average Bonchev–Trinajstić information content (AvgIpc) is 2.71. The summed E-state index contributed by atoms with van der Waals surface area (Å²) in [7, 11) is 0. The number of piperidine rings is 1. The van der Waals surface area contributed by atoms with Gasteiger partial charge in [0.25, 0.3) is 5.91 Å². The van der Waals surface area contributed by atoms with Crippen molar-refractivity contribution in [1.82, 2.24) is 14.9 Å². The number of aryl methyl sites for hydroxylation is 2. The van der Waals surface area contributed by atoms with E-state index in [0.29, 0.717) is 31.3 Å². The van der Waals surface area contributed by atoms with Gasteiger partial charge in [0.1, 0.15) is 5.69 Å². The molecule has 0 bridgehead atoms. The van der Waals surface area contributed by atoms with E-state index in [1.807, 2.05) is 32.0 Å². The van der Waals surface area contributed by atoms with Crippen LogP contribution in [0.5, 0.6) is 0 Å². The summed E-state index contributed by atoms with van der Waals surface area (Å²) in [6.45, 7) is 7.32. The van der Waals surface area contributed by atoms with Crippen LogP contribution in [-0.4, -0.2) is 52.6 Å². The minimum Gasteiger partial charge on any atom is -0.450 e. The highest BCUT2D eigenvalue weighted by Crippen LogP contribution is 2.20. The molecule has 1 aromatic heterocycles. The topological polar surface area (TPSA) is 96.5 Å². The Hall–Kier alpha value is -3.16. The first-order chi connectivity index (χ1) is 14.0. The average molecular weight is 397 g/mol. The molecule has 2 N–H and O–H groups in total. The molecule has 2 aromatic rings. The van der Waals surface area contributed by atoms with Gasteiger partial charge in [0.05, 0.1) is 6.61 Å². The number of likely N-dealkylation sites (tertiary alicyclic amines) is 1. The molecule has 8 heteroatoms. The number of benzene rings is 1. The number of carbonyl (C=O) groups excluding carboxylic acids is 2. The number of aromatic nitrogens is 2. The zero-order valence-corrected chi connectivity index (χ0v) is 17.1. The van der Waals surface area contributed by atoms with Gasteiger partial charge in [-0.05, 0) is 50.8 Å². The Labute approximate surface area is 170 Å². The van der Waals surface area contributed by atoms with Gasteiger partial charge < -0.3 is 20.3 Å². The molecular formula is C21H27N5O3. The van der Waals surface area contributed by atoms with Gasteiger partial charge in [-0.25, -0.2) is 14.8 Å². The molecule has 1 aliphatic heterocycles. The van der Waals surface area contributed by atoms with E-state index < -0.39 is 0 Å². The molecule has 0 spiro atoms. The molecule has 0 unspecified atom stereocenters. The van der Waals surface area contributed by atoms with Crippen LogP contribution in [0.1, 0.15) is 41.4 Å². The van der Waals surface area contributed by atoms with Crippen molar-refractivity contribution >= 4 is 23.6 Å². The maximum atomic E-state index is 12.7. The van der Waals surface area contributed by atoms with Crippen LogP contribution in [0.25, 0.3) is 0 Å². The lowest BCUT2D eigenvalue weighted by Gasteiger charge is -2.31. The largest absolute Gasteiger partial charge is 0.450 e. The van der Waals surface area contributed by atoms with E-state index >= 15 is 0 Å². The summed E-state index contributed by atoms with van der Waals surface area (Å²) in [4.78, 5) is 34.8. The van der Waals surface area contributed by atoms with Crippen LogP contribution in [0, 0.1) is 13.8 Å². The fourth-order valence-corrected chi connectivity index (χ4v) is 3.35. The molecule has 8 nitrogen and oxygen atoms in total. The molecule has 0 atom stereocenters. The number of anilines is 2. The minimum atomic E-state index is -0.273. The molecule has 1 aromatic carbocycles. The number of rotatable bonds is 5. The first-order valence-corrected chi connectivity index (χ1v) is 9.86. The molecule has 0 saturated carbocycles. The molecule has 1 saturated heterocycles. The van der Waals surface area contributed by atoms with Crippen molar-refractivity contribution < 1.29 is 14.3 Å². The van der Waals surface area contributed by atoms with Crippen LogP contribution in [0.4, 0.5) is 16.4 Å². The summed E-state index contributed by atoms with van der Waals surface area (Å²) in [5, 5.41) is 6.21. The summed E-state index contributed by atoms with van der Waals surface area (Å²) in [6, 6.07) is 7.60. The number of hydrogen-bond donors (Lipinski definition) is 2. The molecule has 1 fully saturated rings. The maximum absolute atomic E-state index is 12.7. The second kappa shape index (κ2) is 9.36. The van der Waals surface area contributed by atoms with Crippen molar-refractivity contribution in [3.05, 3.63) is 47.3 Å². The van der Waals surface area contributed by atoms with E-state index in [1.54, 1.807) is 24.1 Å². The van der Waals surface area contributed by atoms with Crippen molar-refractivity contribution in [3.8, 4) is 0 Å². The quantitative estimate of drug-likeness (QED) is 0.803. The summed E-state index contributed by atoms with van der Waals surface area (Å²) in [6.07, 6.45) is 2.83. The lowest BCUT2D eigenvalue weighted by molar-refractivity contribution is 0.0980. The number of hydrogen-bond acceptors (Lipinski definition) is 6. The predicted molar refractivity (Wildman–Crippen MR) is 111 cm³/mol. The van der Waals surface area contributed by atoms with Crippen molar-refractivity contribution in [2.24, 2.45) is 0 Å². The standard InChI is InChI=1S/C21H27N5O3/c1-4-29-21(28)26-12-9-16(10-13-26)23-20-22-11-8-17(24-20)19(27)25-18-14(2)6-5-7-15(18)3/h5-8,11,16H,4,9-10,12-13H2,1-3H3,(H,25,27)(H,22,23,24). The Kier molecular flexibility index (Phi) is 6.64. The molecule has 0 radical (unpaired) electrons. The van der Waals surface area contributed by atoms with Crippen LogP contribution in [0.2, 0.25) is 0 Å². The monoisotopic (exact) mass is 397 g/mol. The van der Waals surface area contributed by atoms with Crippen LogP contribution in [0.3, 0.4) is 0 Å². The molecule has 154 valence electrons. The van der Waals surface area contributed by atoms with Crippen molar-refractivity contribution in [3.63, 3.8) is 0 Å². The molecule has 2 amide bonds. The van der Waals surface area contributed by atoms with Gasteiger partial charge in [0, 0.05) is 31.0 Å². The zero-order chi connectivity index (χ0) is 20.8. The lowest BCUT2D eigenvalue weighted by Crippen LogP contribution is -2.42. The Morgan fingerprint density at radius 3 is 2.52 bits per heavy atom. The molecule has 0 aliphatic carbocycles. The first kappa shape index (κ1) is 20.6. The summed E-state index contributed by atoms with van der Waals surface area (Å²) >= 11 is 0. The predicted octanol–water partition coefficient (Wildman–Crippen LogP) is 3.38. The highest BCUT2D eigenvalue weighted by Gasteiger charge is 2.24. The Bertz CT molecular complexity index is 858.